The van der Waals surface area contributed by atoms with E-state index in [9.17, 15) is 4.79 Å². The molecule has 1 N–H and O–H groups in total. The second-order valence-electron chi connectivity index (χ2n) is 5.85. The number of hydrogen-bond donors (Lipinski definition) is 1. The van der Waals surface area contributed by atoms with Crippen LogP contribution in [0.3, 0.4) is 0 Å². The summed E-state index contributed by atoms with van der Waals surface area (Å²) < 4.78 is 1.13. The van der Waals surface area contributed by atoms with Crippen LogP contribution in [0.2, 0.25) is 0 Å². The van der Waals surface area contributed by atoms with Crippen LogP contribution in [0.5, 0.6) is 0 Å². The van der Waals surface area contributed by atoms with E-state index in [-0.39, 0.29) is 11.9 Å². The second kappa shape index (κ2) is 4.82. The summed E-state index contributed by atoms with van der Waals surface area (Å²) in [6.07, 6.45) is 4.19. The molecule has 2 aliphatic heterocycles. The maximum absolute atomic E-state index is 12.3. The first-order valence-corrected chi connectivity index (χ1v) is 8.02. The van der Waals surface area contributed by atoms with E-state index in [1.165, 1.54) is 19.5 Å². The van der Waals surface area contributed by atoms with Gasteiger partial charge in [0, 0.05) is 25.3 Å². The van der Waals surface area contributed by atoms with E-state index in [0.717, 1.165) is 29.0 Å². The molecule has 0 saturated carbocycles. The fourth-order valence-electron chi connectivity index (χ4n) is 3.42. The molecule has 1 unspecified atom stereocenters. The minimum absolute atomic E-state index is 0.0365. The Kier molecular flexibility index (Phi) is 2.97. The van der Waals surface area contributed by atoms with E-state index in [4.69, 9.17) is 0 Å². The van der Waals surface area contributed by atoms with Crippen LogP contribution < -0.4 is 5.32 Å². The molecule has 2 aliphatic rings. The van der Waals surface area contributed by atoms with E-state index >= 15 is 0 Å². The number of amides is 1. The number of carbonyl (C=O) groups is 1. The van der Waals surface area contributed by atoms with E-state index in [0.29, 0.717) is 5.69 Å². The van der Waals surface area contributed by atoms with Gasteiger partial charge in [0.15, 0.2) is 0 Å². The standard InChI is InChI=1S/C15H17N3OS/c19-15(13-6-11-2-4-20-14(11)7-16-13)17-12-5-10-1-3-18(8-10)9-12/h2,4,6-7,10,12H,1,3,5,8-9H2,(H,17,19)/t10-,12-/m1/s1. The summed E-state index contributed by atoms with van der Waals surface area (Å²) in [7, 11) is 0. The van der Waals surface area contributed by atoms with E-state index in [1.54, 1.807) is 17.5 Å². The lowest BCUT2D eigenvalue weighted by Crippen LogP contribution is -2.47. The van der Waals surface area contributed by atoms with Crippen molar-refractivity contribution in [1.82, 2.24) is 15.2 Å². The van der Waals surface area contributed by atoms with Crippen molar-refractivity contribution in [1.29, 1.82) is 0 Å². The first-order chi connectivity index (χ1) is 9.78. The molecule has 2 aromatic rings. The average Bonchev–Trinajstić information content (AvgIpc) is 3.04. The Bertz CT molecular complexity index is 641. The number of nitrogens with zero attached hydrogens (tertiary/aromatic N) is 2. The summed E-state index contributed by atoms with van der Waals surface area (Å²) in [5, 5.41) is 6.28. The molecule has 0 aliphatic carbocycles. The van der Waals surface area contributed by atoms with Gasteiger partial charge in [0.25, 0.3) is 5.91 Å². The number of hydrogen-bond acceptors (Lipinski definition) is 4. The third-order valence-corrected chi connectivity index (χ3v) is 5.24. The first kappa shape index (κ1) is 12.3. The van der Waals surface area contributed by atoms with Crippen molar-refractivity contribution >= 4 is 27.3 Å². The smallest absolute Gasteiger partial charge is 0.270 e. The second-order valence-corrected chi connectivity index (χ2v) is 6.80. The van der Waals surface area contributed by atoms with Gasteiger partial charge in [0.1, 0.15) is 5.69 Å². The minimum Gasteiger partial charge on any atom is -0.347 e. The van der Waals surface area contributed by atoms with Crippen LogP contribution in [0, 0.1) is 5.92 Å². The minimum atomic E-state index is -0.0365. The van der Waals surface area contributed by atoms with Gasteiger partial charge >= 0.3 is 0 Å². The largest absolute Gasteiger partial charge is 0.347 e. The van der Waals surface area contributed by atoms with Gasteiger partial charge in [-0.3, -0.25) is 4.79 Å². The van der Waals surface area contributed by atoms with Gasteiger partial charge in [-0.05, 0) is 48.2 Å². The summed E-state index contributed by atoms with van der Waals surface area (Å²) in [6.45, 7) is 3.39. The van der Waals surface area contributed by atoms with E-state index in [2.05, 4.69) is 15.2 Å². The van der Waals surface area contributed by atoms with Crippen molar-refractivity contribution in [2.45, 2.75) is 18.9 Å². The lowest BCUT2D eigenvalue weighted by Gasteiger charge is -2.30. The molecule has 20 heavy (non-hydrogen) atoms. The Labute approximate surface area is 121 Å². The maximum atomic E-state index is 12.3. The number of carbonyl (C=O) groups excluding carboxylic acids is 1. The van der Waals surface area contributed by atoms with Crippen LogP contribution in [-0.4, -0.2) is 41.5 Å². The summed E-state index contributed by atoms with van der Waals surface area (Å²) >= 11 is 1.65. The van der Waals surface area contributed by atoms with Crippen LogP contribution in [0.4, 0.5) is 0 Å². The Hall–Kier alpha value is -1.46. The topological polar surface area (TPSA) is 45.2 Å². The maximum Gasteiger partial charge on any atom is 0.270 e. The number of piperidine rings is 1. The van der Waals surface area contributed by atoms with Crippen LogP contribution >= 0.6 is 11.3 Å². The van der Waals surface area contributed by atoms with Crippen LogP contribution in [0.25, 0.3) is 10.1 Å². The number of pyridine rings is 1. The monoisotopic (exact) mass is 287 g/mol. The lowest BCUT2D eigenvalue weighted by atomic mass is 9.97. The van der Waals surface area contributed by atoms with Gasteiger partial charge in [-0.2, -0.15) is 0 Å². The van der Waals surface area contributed by atoms with E-state index in [1.807, 2.05) is 17.5 Å². The van der Waals surface area contributed by atoms with Crippen LogP contribution in [0.1, 0.15) is 23.3 Å². The van der Waals surface area contributed by atoms with Crippen LogP contribution in [0.15, 0.2) is 23.7 Å². The van der Waals surface area contributed by atoms with Gasteiger partial charge in [0.2, 0.25) is 0 Å². The molecular formula is C15H17N3OS. The molecule has 2 fully saturated rings. The SMILES string of the molecule is O=C(N[C@@H]1C[C@H]2CCN(C2)C1)c1cc2ccsc2cn1. The molecule has 3 atom stereocenters. The molecule has 2 aromatic heterocycles. The van der Waals surface area contributed by atoms with Gasteiger partial charge in [-0.1, -0.05) is 0 Å². The zero-order chi connectivity index (χ0) is 13.5. The quantitative estimate of drug-likeness (QED) is 0.920. The Morgan fingerprint density at radius 1 is 1.45 bits per heavy atom. The molecule has 0 aromatic carbocycles. The Balaban J connectivity index is 1.49. The zero-order valence-electron chi connectivity index (χ0n) is 11.2. The highest BCUT2D eigenvalue weighted by Crippen LogP contribution is 2.27. The zero-order valence-corrected chi connectivity index (χ0v) is 12.0. The Morgan fingerprint density at radius 3 is 3.30 bits per heavy atom. The number of aromatic nitrogens is 1. The lowest BCUT2D eigenvalue weighted by molar-refractivity contribution is 0.0904. The highest BCUT2D eigenvalue weighted by molar-refractivity contribution is 7.17. The molecule has 104 valence electrons. The molecule has 4 nitrogen and oxygen atoms in total. The normalized spacial score (nSPS) is 28.7. The van der Waals surface area contributed by atoms with Crippen molar-refractivity contribution < 1.29 is 4.79 Å². The molecule has 4 rings (SSSR count). The van der Waals surface area contributed by atoms with Gasteiger partial charge in [-0.15, -0.1) is 11.3 Å². The Morgan fingerprint density at radius 2 is 2.40 bits per heavy atom. The van der Waals surface area contributed by atoms with Crippen molar-refractivity contribution in [2.24, 2.45) is 5.92 Å². The van der Waals surface area contributed by atoms with Crippen molar-refractivity contribution in [2.75, 3.05) is 19.6 Å². The third-order valence-electron chi connectivity index (χ3n) is 4.37. The molecule has 4 heterocycles. The molecule has 0 radical (unpaired) electrons. The molecule has 5 heteroatoms. The fraction of sp³-hybridized carbons (Fsp3) is 0.467. The van der Waals surface area contributed by atoms with Crippen molar-refractivity contribution in [3.63, 3.8) is 0 Å². The average molecular weight is 287 g/mol. The first-order valence-electron chi connectivity index (χ1n) is 7.14. The molecular weight excluding hydrogens is 270 g/mol. The molecule has 1 amide bonds. The molecule has 2 saturated heterocycles. The highest BCUT2D eigenvalue weighted by atomic mass is 32.1. The number of fused-ring (bicyclic) bond motifs is 3. The van der Waals surface area contributed by atoms with Crippen molar-refractivity contribution in [3.05, 3.63) is 29.4 Å². The van der Waals surface area contributed by atoms with Gasteiger partial charge < -0.3 is 10.2 Å². The van der Waals surface area contributed by atoms with Crippen LogP contribution in [-0.2, 0) is 0 Å². The highest BCUT2D eigenvalue weighted by Gasteiger charge is 2.33. The summed E-state index contributed by atoms with van der Waals surface area (Å²) in [4.78, 5) is 19.1. The number of thiophene rings is 1. The number of nitrogens with one attached hydrogen (secondary N) is 1. The van der Waals surface area contributed by atoms with Crippen molar-refractivity contribution in [3.8, 4) is 0 Å². The molecule has 2 bridgehead atoms. The number of rotatable bonds is 2. The summed E-state index contributed by atoms with van der Waals surface area (Å²) in [6, 6.07) is 4.20. The predicted octanol–water partition coefficient (Wildman–Crippen LogP) is 2.12. The van der Waals surface area contributed by atoms with E-state index < -0.39 is 0 Å². The fourth-order valence-corrected chi connectivity index (χ4v) is 4.15. The summed E-state index contributed by atoms with van der Waals surface area (Å²) in [5.74, 6) is 0.729. The van der Waals surface area contributed by atoms with Gasteiger partial charge in [0.05, 0.1) is 4.70 Å². The summed E-state index contributed by atoms with van der Waals surface area (Å²) in [5.41, 5.74) is 0.531. The molecule has 0 spiro atoms. The third kappa shape index (κ3) is 2.21. The van der Waals surface area contributed by atoms with Gasteiger partial charge in [-0.25, -0.2) is 4.98 Å². The predicted molar refractivity (Wildman–Crippen MR) is 80.0 cm³/mol.